The van der Waals surface area contributed by atoms with E-state index in [9.17, 15) is 10.1 Å². The molecule has 0 aliphatic rings. The summed E-state index contributed by atoms with van der Waals surface area (Å²) in [5, 5.41) is 11.0. The standard InChI is InChI=1S/C14H13ClN2O3/c15-12-2-1-3-13(14(12)17(18)19)20-11-6-4-10(5-7-11)8-9-16/h1-7H,8-9,16H2. The van der Waals surface area contributed by atoms with Crippen molar-refractivity contribution in [2.24, 2.45) is 5.73 Å². The maximum Gasteiger partial charge on any atom is 0.329 e. The number of para-hydroxylation sites is 1. The van der Waals surface area contributed by atoms with Crippen molar-refractivity contribution in [1.82, 2.24) is 0 Å². The van der Waals surface area contributed by atoms with E-state index in [-0.39, 0.29) is 16.5 Å². The topological polar surface area (TPSA) is 78.4 Å². The van der Waals surface area contributed by atoms with Crippen LogP contribution in [0.3, 0.4) is 0 Å². The molecule has 0 aromatic heterocycles. The number of nitrogens with zero attached hydrogens (tertiary/aromatic N) is 1. The normalized spacial score (nSPS) is 10.3. The lowest BCUT2D eigenvalue weighted by atomic mass is 10.1. The smallest absolute Gasteiger partial charge is 0.329 e. The molecule has 0 saturated heterocycles. The second-order valence-corrected chi connectivity index (χ2v) is 4.54. The van der Waals surface area contributed by atoms with Gasteiger partial charge in [0.1, 0.15) is 10.8 Å². The third-order valence-corrected chi connectivity index (χ3v) is 3.02. The van der Waals surface area contributed by atoms with Crippen LogP contribution in [0.15, 0.2) is 42.5 Å². The zero-order valence-electron chi connectivity index (χ0n) is 10.6. The van der Waals surface area contributed by atoms with E-state index in [2.05, 4.69) is 0 Å². The number of benzene rings is 2. The summed E-state index contributed by atoms with van der Waals surface area (Å²) in [6.45, 7) is 0.569. The average molecular weight is 293 g/mol. The van der Waals surface area contributed by atoms with Crippen molar-refractivity contribution in [3.63, 3.8) is 0 Å². The number of ether oxygens (including phenoxy) is 1. The van der Waals surface area contributed by atoms with E-state index in [0.29, 0.717) is 12.3 Å². The van der Waals surface area contributed by atoms with Crippen LogP contribution in [0.1, 0.15) is 5.56 Å². The molecule has 0 atom stereocenters. The van der Waals surface area contributed by atoms with Gasteiger partial charge < -0.3 is 10.5 Å². The lowest BCUT2D eigenvalue weighted by Gasteiger charge is -2.07. The van der Waals surface area contributed by atoms with E-state index in [4.69, 9.17) is 22.1 Å². The van der Waals surface area contributed by atoms with Crippen molar-refractivity contribution < 1.29 is 9.66 Å². The van der Waals surface area contributed by atoms with Crippen molar-refractivity contribution >= 4 is 17.3 Å². The minimum atomic E-state index is -0.555. The molecule has 6 heteroatoms. The van der Waals surface area contributed by atoms with Crippen LogP contribution in [-0.2, 0) is 6.42 Å². The van der Waals surface area contributed by atoms with Crippen LogP contribution in [-0.4, -0.2) is 11.5 Å². The van der Waals surface area contributed by atoms with E-state index < -0.39 is 4.92 Å². The minimum absolute atomic E-state index is 0.0484. The maximum absolute atomic E-state index is 11.0. The molecule has 5 nitrogen and oxygen atoms in total. The number of nitro benzene ring substituents is 1. The average Bonchev–Trinajstić information content (AvgIpc) is 2.41. The van der Waals surface area contributed by atoms with Crippen molar-refractivity contribution in [1.29, 1.82) is 0 Å². The Morgan fingerprint density at radius 1 is 1.20 bits per heavy atom. The summed E-state index contributed by atoms with van der Waals surface area (Å²) in [4.78, 5) is 10.4. The molecule has 0 aliphatic carbocycles. The number of hydrogen-bond donors (Lipinski definition) is 1. The monoisotopic (exact) mass is 292 g/mol. The van der Waals surface area contributed by atoms with Gasteiger partial charge in [0.05, 0.1) is 4.92 Å². The lowest BCUT2D eigenvalue weighted by Crippen LogP contribution is -2.02. The first-order valence-electron chi connectivity index (χ1n) is 6.01. The molecule has 2 aromatic rings. The molecule has 2 rings (SSSR count). The molecule has 2 N–H and O–H groups in total. The molecule has 0 fully saturated rings. The summed E-state index contributed by atoms with van der Waals surface area (Å²) in [6.07, 6.45) is 0.775. The largest absolute Gasteiger partial charge is 0.450 e. The summed E-state index contributed by atoms with van der Waals surface area (Å²) in [5.41, 5.74) is 6.32. The molecule has 20 heavy (non-hydrogen) atoms. The Hall–Kier alpha value is -2.11. The van der Waals surface area contributed by atoms with Gasteiger partial charge in [0.15, 0.2) is 0 Å². The highest BCUT2D eigenvalue weighted by Crippen LogP contribution is 2.36. The fourth-order valence-corrected chi connectivity index (χ4v) is 2.01. The zero-order valence-corrected chi connectivity index (χ0v) is 11.3. The number of nitrogens with two attached hydrogens (primary N) is 1. The predicted molar refractivity (Wildman–Crippen MR) is 77.4 cm³/mol. The van der Waals surface area contributed by atoms with Gasteiger partial charge >= 0.3 is 5.69 Å². The van der Waals surface area contributed by atoms with Crippen LogP contribution < -0.4 is 10.5 Å². The van der Waals surface area contributed by atoms with E-state index in [1.807, 2.05) is 12.1 Å². The molecular weight excluding hydrogens is 280 g/mol. The van der Waals surface area contributed by atoms with Crippen LogP contribution in [0.4, 0.5) is 5.69 Å². The van der Waals surface area contributed by atoms with Crippen molar-refractivity contribution in [2.45, 2.75) is 6.42 Å². The third-order valence-electron chi connectivity index (χ3n) is 2.72. The molecule has 0 saturated carbocycles. The third kappa shape index (κ3) is 3.26. The summed E-state index contributed by atoms with van der Waals surface area (Å²) in [6, 6.07) is 11.8. The van der Waals surface area contributed by atoms with Gasteiger partial charge in [-0.1, -0.05) is 29.8 Å². The highest BCUT2D eigenvalue weighted by Gasteiger charge is 2.20. The van der Waals surface area contributed by atoms with Gasteiger partial charge in [0, 0.05) is 0 Å². The number of hydrogen-bond acceptors (Lipinski definition) is 4. The minimum Gasteiger partial charge on any atom is -0.450 e. The number of halogens is 1. The van der Waals surface area contributed by atoms with Crippen LogP contribution >= 0.6 is 11.6 Å². The van der Waals surface area contributed by atoms with E-state index >= 15 is 0 Å². The summed E-state index contributed by atoms with van der Waals surface area (Å²) < 4.78 is 5.53. The summed E-state index contributed by atoms with van der Waals surface area (Å²) >= 11 is 5.82. The van der Waals surface area contributed by atoms with Crippen LogP contribution in [0.5, 0.6) is 11.5 Å². The predicted octanol–water partition coefficient (Wildman–Crippen LogP) is 3.54. The van der Waals surface area contributed by atoms with E-state index in [0.717, 1.165) is 12.0 Å². The van der Waals surface area contributed by atoms with Crippen molar-refractivity contribution in [3.05, 3.63) is 63.2 Å². The van der Waals surface area contributed by atoms with Gasteiger partial charge in [-0.25, -0.2) is 0 Å². The van der Waals surface area contributed by atoms with Crippen molar-refractivity contribution in [2.75, 3.05) is 6.54 Å². The van der Waals surface area contributed by atoms with Crippen LogP contribution in [0.25, 0.3) is 0 Å². The molecule has 2 aromatic carbocycles. The highest BCUT2D eigenvalue weighted by atomic mass is 35.5. The molecular formula is C14H13ClN2O3. The molecule has 104 valence electrons. The van der Waals surface area contributed by atoms with Gasteiger partial charge in [-0.05, 0) is 42.8 Å². The van der Waals surface area contributed by atoms with Gasteiger partial charge in [-0.2, -0.15) is 0 Å². The molecule has 0 unspecified atom stereocenters. The van der Waals surface area contributed by atoms with E-state index in [1.165, 1.54) is 12.1 Å². The molecule has 0 bridgehead atoms. The van der Waals surface area contributed by atoms with Crippen molar-refractivity contribution in [3.8, 4) is 11.5 Å². The summed E-state index contributed by atoms with van der Waals surface area (Å²) in [5.74, 6) is 0.630. The Morgan fingerprint density at radius 3 is 2.50 bits per heavy atom. The Balaban J connectivity index is 2.26. The second-order valence-electron chi connectivity index (χ2n) is 4.13. The lowest BCUT2D eigenvalue weighted by molar-refractivity contribution is -0.385. The second kappa shape index (κ2) is 6.36. The number of nitro groups is 1. The van der Waals surface area contributed by atoms with Crippen LogP contribution in [0.2, 0.25) is 5.02 Å². The molecule has 0 aliphatic heterocycles. The maximum atomic E-state index is 11.0. The highest BCUT2D eigenvalue weighted by molar-refractivity contribution is 6.32. The first-order valence-corrected chi connectivity index (χ1v) is 6.39. The fourth-order valence-electron chi connectivity index (χ4n) is 1.77. The first kappa shape index (κ1) is 14.3. The van der Waals surface area contributed by atoms with Crippen LogP contribution in [0, 0.1) is 10.1 Å². The number of rotatable bonds is 5. The molecule has 0 spiro atoms. The Morgan fingerprint density at radius 2 is 1.90 bits per heavy atom. The van der Waals surface area contributed by atoms with Gasteiger partial charge in [0.2, 0.25) is 5.75 Å². The Kier molecular flexibility index (Phi) is 4.55. The van der Waals surface area contributed by atoms with Gasteiger partial charge in [-0.15, -0.1) is 0 Å². The van der Waals surface area contributed by atoms with Gasteiger partial charge in [-0.3, -0.25) is 10.1 Å². The SMILES string of the molecule is NCCc1ccc(Oc2cccc(Cl)c2[N+](=O)[O-])cc1. The van der Waals surface area contributed by atoms with E-state index in [1.54, 1.807) is 18.2 Å². The summed E-state index contributed by atoms with van der Waals surface area (Å²) in [7, 11) is 0. The van der Waals surface area contributed by atoms with Gasteiger partial charge in [0.25, 0.3) is 0 Å². The molecule has 0 heterocycles. The first-order chi connectivity index (χ1) is 9.61. The zero-order chi connectivity index (χ0) is 14.5. The molecule has 0 amide bonds. The molecule has 0 radical (unpaired) electrons. The Bertz CT molecular complexity index is 614. The Labute approximate surface area is 121 Å². The fraction of sp³-hybridized carbons (Fsp3) is 0.143. The quantitative estimate of drug-likeness (QED) is 0.675.